The average Bonchev–Trinajstić information content (AvgIpc) is 2.35. The molecule has 0 heterocycles. The average molecular weight is 298 g/mol. The lowest BCUT2D eigenvalue weighted by Gasteiger charge is -2.07. The lowest BCUT2D eigenvalue weighted by Crippen LogP contribution is -2.29. The zero-order chi connectivity index (χ0) is 12.7. The minimum Gasteiger partial charge on any atom is -0.492 e. The standard InChI is InChI=1S/C11H12BrN3O2/c12-9-3-4-10(8(6-9)7-13)17-5-1-2-11(16)15-14/h3-4,6H,1-2,5,14H2,(H,15,16). The molecule has 90 valence electrons. The summed E-state index contributed by atoms with van der Waals surface area (Å²) in [6.45, 7) is 0.365. The van der Waals surface area contributed by atoms with E-state index < -0.39 is 0 Å². The van der Waals surface area contributed by atoms with Crippen LogP contribution in [0.3, 0.4) is 0 Å². The van der Waals surface area contributed by atoms with Crippen molar-refractivity contribution in [1.82, 2.24) is 5.43 Å². The van der Waals surface area contributed by atoms with Crippen molar-refractivity contribution < 1.29 is 9.53 Å². The predicted octanol–water partition coefficient (Wildman–Crippen LogP) is 1.47. The van der Waals surface area contributed by atoms with E-state index in [2.05, 4.69) is 15.9 Å². The van der Waals surface area contributed by atoms with Gasteiger partial charge in [0.25, 0.3) is 0 Å². The number of amides is 1. The summed E-state index contributed by atoms with van der Waals surface area (Å²) < 4.78 is 6.24. The molecule has 0 atom stereocenters. The molecule has 0 aliphatic carbocycles. The van der Waals surface area contributed by atoms with Crippen LogP contribution >= 0.6 is 15.9 Å². The molecule has 6 heteroatoms. The SMILES string of the molecule is N#Cc1cc(Br)ccc1OCCCC(=O)NN. The van der Waals surface area contributed by atoms with Crippen LogP contribution in [-0.4, -0.2) is 12.5 Å². The molecule has 5 nitrogen and oxygen atoms in total. The molecule has 3 N–H and O–H groups in total. The van der Waals surface area contributed by atoms with E-state index in [-0.39, 0.29) is 5.91 Å². The van der Waals surface area contributed by atoms with Gasteiger partial charge in [0.05, 0.1) is 12.2 Å². The van der Waals surface area contributed by atoms with Crippen molar-refractivity contribution in [3.8, 4) is 11.8 Å². The molecule has 0 radical (unpaired) electrons. The second-order valence-corrected chi connectivity index (χ2v) is 4.19. The Kier molecular flexibility index (Phi) is 5.46. The minimum absolute atomic E-state index is 0.232. The number of carbonyl (C=O) groups is 1. The van der Waals surface area contributed by atoms with E-state index in [0.29, 0.717) is 30.8 Å². The molecule has 0 aliphatic rings. The Balaban J connectivity index is 2.47. The summed E-state index contributed by atoms with van der Waals surface area (Å²) in [5.41, 5.74) is 2.50. The molecule has 0 saturated heterocycles. The minimum atomic E-state index is -0.232. The molecule has 1 aromatic rings. The fraction of sp³-hybridized carbons (Fsp3) is 0.273. The third-order valence-corrected chi connectivity index (χ3v) is 2.52. The quantitative estimate of drug-likeness (QED) is 0.373. The number of hydrogen-bond donors (Lipinski definition) is 2. The Morgan fingerprint density at radius 3 is 3.00 bits per heavy atom. The molecule has 1 amide bonds. The molecule has 1 rings (SSSR count). The maximum Gasteiger partial charge on any atom is 0.234 e. The van der Waals surface area contributed by atoms with Crippen molar-refractivity contribution in [2.75, 3.05) is 6.61 Å². The summed E-state index contributed by atoms with van der Waals surface area (Å²) in [4.78, 5) is 10.8. The second kappa shape index (κ2) is 6.89. The zero-order valence-corrected chi connectivity index (χ0v) is 10.7. The summed E-state index contributed by atoms with van der Waals surface area (Å²) in [6, 6.07) is 7.23. The lowest BCUT2D eigenvalue weighted by molar-refractivity contribution is -0.121. The van der Waals surface area contributed by atoms with Crippen molar-refractivity contribution in [3.63, 3.8) is 0 Å². The number of carbonyl (C=O) groups excluding carboxylic acids is 1. The maximum absolute atomic E-state index is 10.8. The first-order valence-electron chi connectivity index (χ1n) is 4.99. The number of benzene rings is 1. The number of nitrogens with zero attached hydrogens (tertiary/aromatic N) is 1. The molecule has 0 bridgehead atoms. The molecule has 0 saturated carbocycles. The van der Waals surface area contributed by atoms with E-state index in [4.69, 9.17) is 15.8 Å². The van der Waals surface area contributed by atoms with Crippen LogP contribution in [0.25, 0.3) is 0 Å². The topological polar surface area (TPSA) is 88.1 Å². The molecule has 0 aromatic heterocycles. The Labute approximate surface area is 108 Å². The first kappa shape index (κ1) is 13.5. The van der Waals surface area contributed by atoms with Crippen molar-refractivity contribution in [3.05, 3.63) is 28.2 Å². The van der Waals surface area contributed by atoms with Crippen molar-refractivity contribution in [2.45, 2.75) is 12.8 Å². The largest absolute Gasteiger partial charge is 0.492 e. The van der Waals surface area contributed by atoms with Crippen molar-refractivity contribution in [2.24, 2.45) is 5.84 Å². The highest BCUT2D eigenvalue weighted by Crippen LogP contribution is 2.22. The van der Waals surface area contributed by atoms with E-state index >= 15 is 0 Å². The van der Waals surface area contributed by atoms with Crippen LogP contribution in [0.5, 0.6) is 5.75 Å². The van der Waals surface area contributed by atoms with Gasteiger partial charge in [-0.3, -0.25) is 10.2 Å². The molecule has 0 aliphatic heterocycles. The van der Waals surface area contributed by atoms with Crippen LogP contribution in [-0.2, 0) is 4.79 Å². The number of nitrogens with one attached hydrogen (secondary N) is 1. The van der Waals surface area contributed by atoms with Crippen LogP contribution in [0.2, 0.25) is 0 Å². The summed E-state index contributed by atoms with van der Waals surface area (Å²) in [6.07, 6.45) is 0.846. The molecular formula is C11H12BrN3O2. The number of hydrazine groups is 1. The molecule has 0 unspecified atom stereocenters. The van der Waals surface area contributed by atoms with Gasteiger partial charge in [0.15, 0.2) is 0 Å². The fourth-order valence-corrected chi connectivity index (χ4v) is 1.56. The maximum atomic E-state index is 10.8. The van der Waals surface area contributed by atoms with Gasteiger partial charge in [0.1, 0.15) is 11.8 Å². The van der Waals surface area contributed by atoms with Gasteiger partial charge in [0, 0.05) is 10.9 Å². The van der Waals surface area contributed by atoms with E-state index in [1.165, 1.54) is 0 Å². The summed E-state index contributed by atoms with van der Waals surface area (Å²) in [5.74, 6) is 5.22. The summed E-state index contributed by atoms with van der Waals surface area (Å²) in [5, 5.41) is 8.89. The zero-order valence-electron chi connectivity index (χ0n) is 9.07. The van der Waals surface area contributed by atoms with E-state index in [9.17, 15) is 4.79 Å². The van der Waals surface area contributed by atoms with Gasteiger partial charge < -0.3 is 4.74 Å². The fourth-order valence-electron chi connectivity index (χ4n) is 1.20. The normalized spacial score (nSPS) is 9.47. The third kappa shape index (κ3) is 4.43. The van der Waals surface area contributed by atoms with Crippen LogP contribution in [0.15, 0.2) is 22.7 Å². The van der Waals surface area contributed by atoms with Crippen LogP contribution < -0.4 is 16.0 Å². The molecular weight excluding hydrogens is 286 g/mol. The van der Waals surface area contributed by atoms with Crippen molar-refractivity contribution in [1.29, 1.82) is 5.26 Å². The van der Waals surface area contributed by atoms with Gasteiger partial charge in [-0.1, -0.05) is 15.9 Å². The van der Waals surface area contributed by atoms with Gasteiger partial charge in [-0.25, -0.2) is 5.84 Å². The first-order valence-corrected chi connectivity index (χ1v) is 5.78. The second-order valence-electron chi connectivity index (χ2n) is 3.27. The van der Waals surface area contributed by atoms with Crippen LogP contribution in [0.4, 0.5) is 0 Å². The number of rotatable bonds is 5. The number of nitriles is 1. The Bertz CT molecular complexity index is 443. The van der Waals surface area contributed by atoms with Gasteiger partial charge in [-0.05, 0) is 24.6 Å². The number of nitrogens with two attached hydrogens (primary N) is 1. The smallest absolute Gasteiger partial charge is 0.234 e. The van der Waals surface area contributed by atoms with Gasteiger partial charge in [0.2, 0.25) is 5.91 Å². The number of hydrogen-bond acceptors (Lipinski definition) is 4. The Hall–Kier alpha value is -1.58. The molecule has 0 spiro atoms. The highest BCUT2D eigenvalue weighted by molar-refractivity contribution is 9.10. The molecule has 17 heavy (non-hydrogen) atoms. The van der Waals surface area contributed by atoms with E-state index in [1.54, 1.807) is 18.2 Å². The summed E-state index contributed by atoms with van der Waals surface area (Å²) >= 11 is 3.27. The Morgan fingerprint density at radius 1 is 1.59 bits per heavy atom. The lowest BCUT2D eigenvalue weighted by atomic mass is 10.2. The molecule has 1 aromatic carbocycles. The highest BCUT2D eigenvalue weighted by Gasteiger charge is 2.04. The first-order chi connectivity index (χ1) is 8.17. The molecule has 0 fully saturated rings. The Morgan fingerprint density at radius 2 is 2.35 bits per heavy atom. The highest BCUT2D eigenvalue weighted by atomic mass is 79.9. The van der Waals surface area contributed by atoms with Crippen LogP contribution in [0, 0.1) is 11.3 Å². The summed E-state index contributed by atoms with van der Waals surface area (Å²) in [7, 11) is 0. The van der Waals surface area contributed by atoms with Gasteiger partial charge in [-0.2, -0.15) is 5.26 Å². The number of halogens is 1. The third-order valence-electron chi connectivity index (χ3n) is 2.03. The van der Waals surface area contributed by atoms with Crippen molar-refractivity contribution >= 4 is 21.8 Å². The van der Waals surface area contributed by atoms with Gasteiger partial charge in [-0.15, -0.1) is 0 Å². The van der Waals surface area contributed by atoms with Crippen LogP contribution in [0.1, 0.15) is 18.4 Å². The monoisotopic (exact) mass is 297 g/mol. The number of ether oxygens (including phenoxy) is 1. The predicted molar refractivity (Wildman–Crippen MR) is 65.9 cm³/mol. The van der Waals surface area contributed by atoms with E-state index in [0.717, 1.165) is 4.47 Å². The van der Waals surface area contributed by atoms with Gasteiger partial charge >= 0.3 is 0 Å². The van der Waals surface area contributed by atoms with E-state index in [1.807, 2.05) is 11.5 Å².